The van der Waals surface area contributed by atoms with E-state index in [2.05, 4.69) is 18.6 Å². The molecule has 0 fully saturated rings. The van der Waals surface area contributed by atoms with Crippen LogP contribution >= 0.6 is 0 Å². The van der Waals surface area contributed by atoms with Gasteiger partial charge in [-0.1, -0.05) is 34.1 Å². The van der Waals surface area contributed by atoms with Gasteiger partial charge in [-0.05, 0) is 12.8 Å². The molecule has 0 amide bonds. The first-order chi connectivity index (χ1) is 10.0. The first kappa shape index (κ1) is 28.9. The van der Waals surface area contributed by atoms with Crippen molar-refractivity contribution in [1.82, 2.24) is 0 Å². The van der Waals surface area contributed by atoms with Crippen molar-refractivity contribution in [2.24, 2.45) is 0 Å². The lowest BCUT2D eigenvalue weighted by atomic mass is 10.3. The predicted octanol–water partition coefficient (Wildman–Crippen LogP) is 1.81. The monoisotopic (exact) mass is 314 g/mol. The first-order valence-corrected chi connectivity index (χ1v) is 7.39. The SMILES string of the molecule is CCC.CCC(CO)OC.CCC(CO)OC.COCO. The summed E-state index contributed by atoms with van der Waals surface area (Å²) in [4.78, 5) is 0. The average molecular weight is 314 g/mol. The second kappa shape index (κ2) is 31.9. The molecule has 0 aliphatic heterocycles. The van der Waals surface area contributed by atoms with Crippen LogP contribution in [0.4, 0.5) is 0 Å². The van der Waals surface area contributed by atoms with Crippen LogP contribution in [-0.4, -0.2) is 68.9 Å². The molecule has 2 unspecified atom stereocenters. The van der Waals surface area contributed by atoms with E-state index in [1.165, 1.54) is 13.5 Å². The molecule has 0 bridgehead atoms. The Kier molecular flexibility index (Phi) is 43.9. The van der Waals surface area contributed by atoms with E-state index in [-0.39, 0.29) is 32.2 Å². The third-order valence-corrected chi connectivity index (χ3v) is 2.11. The zero-order valence-corrected chi connectivity index (χ0v) is 15.0. The molecule has 0 aliphatic rings. The lowest BCUT2D eigenvalue weighted by molar-refractivity contribution is 0.0325. The summed E-state index contributed by atoms with van der Waals surface area (Å²) in [6, 6.07) is 0. The minimum Gasteiger partial charge on any atom is -0.394 e. The fourth-order valence-electron chi connectivity index (χ4n) is 0.741. The van der Waals surface area contributed by atoms with E-state index >= 15 is 0 Å². The highest BCUT2D eigenvalue weighted by Crippen LogP contribution is 1.91. The van der Waals surface area contributed by atoms with Gasteiger partial charge in [0.2, 0.25) is 0 Å². The van der Waals surface area contributed by atoms with Crippen molar-refractivity contribution < 1.29 is 29.5 Å². The molecule has 0 aromatic rings. The Morgan fingerprint density at radius 2 is 0.952 bits per heavy atom. The minimum atomic E-state index is -0.181. The van der Waals surface area contributed by atoms with Crippen LogP contribution in [0.3, 0.4) is 0 Å². The second-order valence-electron chi connectivity index (χ2n) is 4.02. The highest BCUT2D eigenvalue weighted by Gasteiger charge is 1.98. The summed E-state index contributed by atoms with van der Waals surface area (Å²) >= 11 is 0. The van der Waals surface area contributed by atoms with Crippen molar-refractivity contribution in [3.63, 3.8) is 0 Å². The minimum absolute atomic E-state index is 0.0417. The van der Waals surface area contributed by atoms with Crippen molar-refractivity contribution in [3.05, 3.63) is 0 Å². The Bertz CT molecular complexity index is 102. The Morgan fingerprint density at radius 3 is 0.952 bits per heavy atom. The molecule has 21 heavy (non-hydrogen) atoms. The standard InChI is InChI=1S/2C5H12O2.C3H8.C2H6O2/c2*1-3-5(4-6)7-2;1-3-2;1-4-2-3/h2*5-6H,3-4H2,1-2H3;3H2,1-2H3;3H,2H2,1H3. The van der Waals surface area contributed by atoms with Crippen LogP contribution in [0.15, 0.2) is 0 Å². The molecule has 134 valence electrons. The summed E-state index contributed by atoms with van der Waals surface area (Å²) < 4.78 is 13.7. The largest absolute Gasteiger partial charge is 0.394 e. The van der Waals surface area contributed by atoms with Crippen LogP contribution in [0.5, 0.6) is 0 Å². The van der Waals surface area contributed by atoms with Gasteiger partial charge in [-0.2, -0.15) is 0 Å². The van der Waals surface area contributed by atoms with Crippen molar-refractivity contribution >= 4 is 0 Å². The molecule has 0 radical (unpaired) electrons. The zero-order valence-electron chi connectivity index (χ0n) is 15.0. The van der Waals surface area contributed by atoms with Crippen LogP contribution in [-0.2, 0) is 14.2 Å². The molecule has 0 aromatic heterocycles. The van der Waals surface area contributed by atoms with Gasteiger partial charge in [0.1, 0.15) is 6.79 Å². The molecule has 2 atom stereocenters. The molecular formula is C15H38O6. The highest BCUT2D eigenvalue weighted by molar-refractivity contribution is 4.48. The molecule has 0 saturated carbocycles. The molecule has 6 nitrogen and oxygen atoms in total. The van der Waals surface area contributed by atoms with Crippen molar-refractivity contribution in [1.29, 1.82) is 0 Å². The van der Waals surface area contributed by atoms with Crippen molar-refractivity contribution in [3.8, 4) is 0 Å². The topological polar surface area (TPSA) is 88.4 Å². The Morgan fingerprint density at radius 1 is 0.714 bits per heavy atom. The molecule has 0 spiro atoms. The summed E-state index contributed by atoms with van der Waals surface area (Å²) in [5, 5.41) is 24.5. The quantitative estimate of drug-likeness (QED) is 0.621. The van der Waals surface area contributed by atoms with Gasteiger partial charge >= 0.3 is 0 Å². The van der Waals surface area contributed by atoms with Gasteiger partial charge in [0, 0.05) is 21.3 Å². The molecule has 0 rings (SSSR count). The normalized spacial score (nSPS) is 11.7. The van der Waals surface area contributed by atoms with Gasteiger partial charge in [-0.25, -0.2) is 0 Å². The maximum Gasteiger partial charge on any atom is 0.143 e. The van der Waals surface area contributed by atoms with Gasteiger partial charge in [0.25, 0.3) is 0 Å². The van der Waals surface area contributed by atoms with Gasteiger partial charge in [-0.3, -0.25) is 0 Å². The van der Waals surface area contributed by atoms with Crippen LogP contribution in [0.25, 0.3) is 0 Å². The molecule has 0 aromatic carbocycles. The van der Waals surface area contributed by atoms with E-state index in [0.29, 0.717) is 0 Å². The van der Waals surface area contributed by atoms with E-state index < -0.39 is 0 Å². The number of aliphatic hydroxyl groups is 3. The van der Waals surface area contributed by atoms with Crippen molar-refractivity contribution in [2.45, 2.75) is 59.2 Å². The van der Waals surface area contributed by atoms with Crippen molar-refractivity contribution in [2.75, 3.05) is 41.3 Å². The zero-order chi connectivity index (χ0) is 17.5. The van der Waals surface area contributed by atoms with Gasteiger partial charge in [0.15, 0.2) is 0 Å². The fourth-order valence-corrected chi connectivity index (χ4v) is 0.741. The fraction of sp³-hybridized carbons (Fsp3) is 1.00. The maximum absolute atomic E-state index is 8.40. The van der Waals surface area contributed by atoms with Gasteiger partial charge in [-0.15, -0.1) is 0 Å². The molecule has 6 heteroatoms. The summed E-state index contributed by atoms with van der Waals surface area (Å²) in [5.74, 6) is 0. The summed E-state index contributed by atoms with van der Waals surface area (Å²) in [5.41, 5.74) is 0. The number of rotatable bonds is 7. The first-order valence-electron chi connectivity index (χ1n) is 7.39. The van der Waals surface area contributed by atoms with Crippen LogP contribution in [0, 0.1) is 0 Å². The second-order valence-corrected chi connectivity index (χ2v) is 4.02. The van der Waals surface area contributed by atoms with E-state index in [9.17, 15) is 0 Å². The number of aliphatic hydroxyl groups excluding tert-OH is 3. The Labute approximate surface area is 131 Å². The van der Waals surface area contributed by atoms with Crippen LogP contribution < -0.4 is 0 Å². The third kappa shape index (κ3) is 38.3. The molecular weight excluding hydrogens is 276 g/mol. The molecule has 3 N–H and O–H groups in total. The molecule has 0 heterocycles. The molecule has 0 aliphatic carbocycles. The Hall–Kier alpha value is -0.240. The average Bonchev–Trinajstić information content (AvgIpc) is 2.52. The summed E-state index contributed by atoms with van der Waals surface area (Å²) in [7, 11) is 4.63. The molecule has 0 saturated heterocycles. The Balaban J connectivity index is -0.0000000973. The number of ether oxygens (including phenoxy) is 3. The number of hydrogen-bond acceptors (Lipinski definition) is 6. The van der Waals surface area contributed by atoms with E-state index in [1.807, 2.05) is 13.8 Å². The maximum atomic E-state index is 8.40. The van der Waals surface area contributed by atoms with Gasteiger partial charge < -0.3 is 29.5 Å². The lowest BCUT2D eigenvalue weighted by Crippen LogP contribution is -2.13. The third-order valence-electron chi connectivity index (χ3n) is 2.11. The highest BCUT2D eigenvalue weighted by atomic mass is 16.6. The van der Waals surface area contributed by atoms with E-state index in [0.717, 1.165) is 12.8 Å². The number of methoxy groups -OCH3 is 3. The number of hydrogen-bond donors (Lipinski definition) is 3. The smallest absolute Gasteiger partial charge is 0.143 e. The lowest BCUT2D eigenvalue weighted by Gasteiger charge is -2.06. The van der Waals surface area contributed by atoms with Gasteiger partial charge in [0.05, 0.1) is 25.4 Å². The summed E-state index contributed by atoms with van der Waals surface area (Å²) in [6.45, 7) is 8.29. The predicted molar refractivity (Wildman–Crippen MR) is 86.4 cm³/mol. The van der Waals surface area contributed by atoms with E-state index in [1.54, 1.807) is 14.2 Å². The summed E-state index contributed by atoms with van der Waals surface area (Å²) in [6.07, 6.45) is 3.10. The van der Waals surface area contributed by atoms with Crippen LogP contribution in [0.1, 0.15) is 47.0 Å². The van der Waals surface area contributed by atoms with E-state index in [4.69, 9.17) is 24.8 Å². The van der Waals surface area contributed by atoms with Crippen LogP contribution in [0.2, 0.25) is 0 Å².